The van der Waals surface area contributed by atoms with Crippen LogP contribution in [-0.2, 0) is 5.75 Å². The predicted octanol–water partition coefficient (Wildman–Crippen LogP) is 4.35. The Labute approximate surface area is 203 Å². The van der Waals surface area contributed by atoms with Crippen molar-refractivity contribution in [1.82, 2.24) is 10.1 Å². The van der Waals surface area contributed by atoms with Crippen molar-refractivity contribution >= 4 is 23.3 Å². The zero-order valence-electron chi connectivity index (χ0n) is 20.0. The lowest BCUT2D eigenvalue weighted by Gasteiger charge is -2.37. The topological polar surface area (TPSA) is 124 Å². The number of anilines is 1. The Kier molecular flexibility index (Phi) is 11.7. The van der Waals surface area contributed by atoms with E-state index in [1.54, 1.807) is 25.9 Å². The first kappa shape index (κ1) is 31.3. The molecule has 12 heteroatoms. The number of para-hydroxylation sites is 1. The van der Waals surface area contributed by atoms with E-state index in [0.29, 0.717) is 6.92 Å². The molecule has 34 heavy (non-hydrogen) atoms. The molecule has 194 valence electrons. The molecule has 0 bridgehead atoms. The summed E-state index contributed by atoms with van der Waals surface area (Å²) in [6.45, 7) is 4.60. The Balaban J connectivity index is 0. The summed E-state index contributed by atoms with van der Waals surface area (Å²) in [6, 6.07) is 12.0. The molecule has 1 heterocycles. The molecule has 0 saturated carbocycles. The molecule has 0 radical (unpaired) electrons. The van der Waals surface area contributed by atoms with Gasteiger partial charge in [0.15, 0.2) is 11.5 Å². The Morgan fingerprint density at radius 1 is 1.09 bits per heavy atom. The number of ether oxygens (including phenoxy) is 2. The van der Waals surface area contributed by atoms with Crippen molar-refractivity contribution in [3.63, 3.8) is 0 Å². The Bertz CT molecular complexity index is 957. The summed E-state index contributed by atoms with van der Waals surface area (Å²) in [6.07, 6.45) is -2.18. The van der Waals surface area contributed by atoms with Gasteiger partial charge in [-0.05, 0) is 36.1 Å². The van der Waals surface area contributed by atoms with Crippen LogP contribution in [-0.4, -0.2) is 59.2 Å². The molecule has 6 N–H and O–H groups in total. The Morgan fingerprint density at radius 2 is 1.71 bits per heavy atom. The number of hydrogen-bond acceptors (Lipinski definition) is 6. The van der Waals surface area contributed by atoms with Crippen molar-refractivity contribution in [2.24, 2.45) is 0 Å². The first-order valence-electron chi connectivity index (χ1n) is 10.0. The number of nitrogens with zero attached hydrogens (tertiary/aromatic N) is 2. The van der Waals surface area contributed by atoms with Gasteiger partial charge in [-0.2, -0.15) is 24.9 Å². The minimum Gasteiger partial charge on any atom is -0.446 e. The highest BCUT2D eigenvalue weighted by molar-refractivity contribution is 7.97. The lowest BCUT2D eigenvalue weighted by molar-refractivity contribution is -0.332. The van der Waals surface area contributed by atoms with Gasteiger partial charge in [0, 0.05) is 28.2 Å². The van der Waals surface area contributed by atoms with Gasteiger partial charge in [-0.1, -0.05) is 32.0 Å². The number of amidine groups is 1. The van der Waals surface area contributed by atoms with Gasteiger partial charge in [0.1, 0.15) is 5.84 Å². The predicted molar refractivity (Wildman–Crippen MR) is 132 cm³/mol. The summed E-state index contributed by atoms with van der Waals surface area (Å²) in [4.78, 5) is 0. The molecule has 2 aromatic rings. The molecule has 1 unspecified atom stereocenters. The molecule has 8 nitrogen and oxygen atoms in total. The number of hydrazine groups is 2. The lowest BCUT2D eigenvalue weighted by Crippen LogP contribution is -2.53. The third-order valence-corrected chi connectivity index (χ3v) is 5.21. The summed E-state index contributed by atoms with van der Waals surface area (Å²) in [5.74, 6) is -3.18. The van der Waals surface area contributed by atoms with Gasteiger partial charge in [-0.15, -0.1) is 5.12 Å². The molecule has 0 spiro atoms. The summed E-state index contributed by atoms with van der Waals surface area (Å²) < 4.78 is 51.6. The van der Waals surface area contributed by atoms with Crippen LogP contribution in [0.1, 0.15) is 33.3 Å². The van der Waals surface area contributed by atoms with Gasteiger partial charge in [0.25, 0.3) is 0 Å². The normalized spacial score (nSPS) is 17.4. The van der Waals surface area contributed by atoms with Gasteiger partial charge in [0.05, 0.1) is 11.3 Å². The van der Waals surface area contributed by atoms with Crippen LogP contribution in [0.5, 0.6) is 11.5 Å². The van der Waals surface area contributed by atoms with Crippen molar-refractivity contribution in [3.8, 4) is 11.5 Å². The van der Waals surface area contributed by atoms with E-state index in [4.69, 9.17) is 10.1 Å². The van der Waals surface area contributed by atoms with E-state index in [2.05, 4.69) is 10.2 Å². The SMILES string of the molecule is CC.CSCc1cccc(NN(C)N(C)C(=N)c2cccc3c2OC(F)(F)C(C)(F)O3)c1.O.O.[HH]. The number of nitrogens with one attached hydrogen (secondary N) is 2. The van der Waals surface area contributed by atoms with E-state index in [-0.39, 0.29) is 35.3 Å². The lowest BCUT2D eigenvalue weighted by atomic mass is 10.1. The van der Waals surface area contributed by atoms with Crippen LogP contribution in [0, 0.1) is 5.41 Å². The van der Waals surface area contributed by atoms with Crippen molar-refractivity contribution in [3.05, 3.63) is 53.6 Å². The summed E-state index contributed by atoms with van der Waals surface area (Å²) >= 11 is 1.70. The standard InChI is InChI=1S/C20H23F3N4O2S.C2H6.2H2O.H2/c1-19(21)20(22,23)29-17-15(9-6-10-16(17)28-19)18(24)26(2)27(3)25-14-8-5-7-13(11-14)12-30-4;1-2;;;/h5-11,24-25H,12H2,1-4H3;1-2H3;2*1H2;1H. The van der Waals surface area contributed by atoms with Crippen molar-refractivity contribution < 1.29 is 35.0 Å². The zero-order chi connectivity index (χ0) is 24.1. The summed E-state index contributed by atoms with van der Waals surface area (Å²) in [5.41, 5.74) is 5.11. The van der Waals surface area contributed by atoms with Crippen LogP contribution in [0.15, 0.2) is 42.5 Å². The minimum absolute atomic E-state index is 0. The Hall–Kier alpha value is -2.67. The molecule has 2 aromatic carbocycles. The van der Waals surface area contributed by atoms with Crippen LogP contribution in [0.25, 0.3) is 0 Å². The zero-order valence-corrected chi connectivity index (χ0v) is 20.8. The fraction of sp³-hybridized carbons (Fsp3) is 0.409. The molecule has 1 atom stereocenters. The number of rotatable bonds is 6. The van der Waals surface area contributed by atoms with E-state index in [9.17, 15) is 13.2 Å². The molecule has 0 saturated heterocycles. The molecule has 0 aliphatic carbocycles. The average Bonchev–Trinajstić information content (AvgIpc) is 2.74. The first-order chi connectivity index (χ1) is 15.1. The third-order valence-electron chi connectivity index (χ3n) is 4.59. The fourth-order valence-electron chi connectivity index (χ4n) is 2.86. The first-order valence-corrected chi connectivity index (χ1v) is 11.4. The number of fused-ring (bicyclic) bond motifs is 1. The molecular weight excluding hydrogens is 473 g/mol. The molecule has 0 fully saturated rings. The van der Waals surface area contributed by atoms with Gasteiger partial charge in [-0.25, -0.2) is 0 Å². The molecule has 1 aliphatic heterocycles. The van der Waals surface area contributed by atoms with Crippen LogP contribution in [0.3, 0.4) is 0 Å². The molecule has 0 amide bonds. The number of hydrogen-bond donors (Lipinski definition) is 2. The highest BCUT2D eigenvalue weighted by Gasteiger charge is 2.60. The number of benzene rings is 2. The van der Waals surface area contributed by atoms with E-state index in [1.807, 2.05) is 44.4 Å². The number of alkyl halides is 3. The third kappa shape index (κ3) is 6.69. The molecule has 3 rings (SSSR count). The van der Waals surface area contributed by atoms with Crippen molar-refractivity contribution in [2.75, 3.05) is 25.8 Å². The number of halogens is 3. The second-order valence-corrected chi connectivity index (χ2v) is 7.78. The Morgan fingerprint density at radius 3 is 2.32 bits per heavy atom. The van der Waals surface area contributed by atoms with Gasteiger partial charge < -0.3 is 25.9 Å². The highest BCUT2D eigenvalue weighted by atomic mass is 32.2. The van der Waals surface area contributed by atoms with Crippen molar-refractivity contribution in [1.29, 1.82) is 5.41 Å². The second kappa shape index (κ2) is 12.7. The second-order valence-electron chi connectivity index (χ2n) is 6.91. The summed E-state index contributed by atoms with van der Waals surface area (Å²) in [5, 5.41) is 11.4. The van der Waals surface area contributed by atoms with Crippen LogP contribution < -0.4 is 14.9 Å². The van der Waals surface area contributed by atoms with E-state index in [0.717, 1.165) is 17.0 Å². The maximum atomic E-state index is 14.1. The summed E-state index contributed by atoms with van der Waals surface area (Å²) in [7, 11) is 3.26. The van der Waals surface area contributed by atoms with Crippen LogP contribution in [0.4, 0.5) is 18.9 Å². The van der Waals surface area contributed by atoms with E-state index >= 15 is 0 Å². The van der Waals surface area contributed by atoms with E-state index < -0.39 is 12.0 Å². The minimum atomic E-state index is -4.20. The largest absolute Gasteiger partial charge is 0.471 e. The highest BCUT2D eigenvalue weighted by Crippen LogP contribution is 2.47. The smallest absolute Gasteiger partial charge is 0.446 e. The van der Waals surface area contributed by atoms with Crippen LogP contribution >= 0.6 is 11.8 Å². The maximum absolute atomic E-state index is 14.1. The maximum Gasteiger partial charge on any atom is 0.471 e. The number of thioether (sulfide) groups is 1. The molecule has 1 aliphatic rings. The molecular formula is C22H35F3N4O4S. The van der Waals surface area contributed by atoms with Gasteiger partial charge in [0.2, 0.25) is 0 Å². The average molecular weight is 509 g/mol. The molecule has 0 aromatic heterocycles. The van der Waals surface area contributed by atoms with E-state index in [1.165, 1.54) is 28.3 Å². The van der Waals surface area contributed by atoms with Gasteiger partial charge >= 0.3 is 12.0 Å². The monoisotopic (exact) mass is 508 g/mol. The van der Waals surface area contributed by atoms with Crippen LogP contribution in [0.2, 0.25) is 0 Å². The van der Waals surface area contributed by atoms with Crippen molar-refractivity contribution in [2.45, 2.75) is 38.5 Å². The van der Waals surface area contributed by atoms with Gasteiger partial charge in [-0.3, -0.25) is 10.4 Å². The fourth-order valence-corrected chi connectivity index (χ4v) is 3.37. The quantitative estimate of drug-likeness (QED) is 0.340.